The maximum Gasteiger partial charge on any atom is 0.416 e. The van der Waals surface area contributed by atoms with E-state index in [1.54, 1.807) is 12.2 Å². The van der Waals surface area contributed by atoms with E-state index in [2.05, 4.69) is 11.8 Å². The average Bonchev–Trinajstić information content (AvgIpc) is 2.97. The predicted molar refractivity (Wildman–Crippen MR) is 106 cm³/mol. The number of hydrogen-bond acceptors (Lipinski definition) is 2. The molecule has 1 aliphatic rings. The first-order valence-corrected chi connectivity index (χ1v) is 8.84. The van der Waals surface area contributed by atoms with E-state index in [1.807, 2.05) is 36.4 Å². The summed E-state index contributed by atoms with van der Waals surface area (Å²) in [4.78, 5) is 12.1. The summed E-state index contributed by atoms with van der Waals surface area (Å²) in [5.74, 6) is 5.17. The maximum absolute atomic E-state index is 12.6. The van der Waals surface area contributed by atoms with Crippen molar-refractivity contribution in [2.75, 3.05) is 0 Å². The molecule has 1 aliphatic carbocycles. The van der Waals surface area contributed by atoms with Crippen LogP contribution in [0.15, 0.2) is 84.5 Å². The Kier molecular flexibility index (Phi) is 5.86. The highest BCUT2D eigenvalue weighted by Gasteiger charge is 2.36. The van der Waals surface area contributed by atoms with Crippen LogP contribution < -0.4 is 0 Å². The fraction of sp³-hybridized carbons (Fsp3) is 0.125. The minimum atomic E-state index is -4.40. The number of halogens is 3. The van der Waals surface area contributed by atoms with Crippen molar-refractivity contribution in [3.8, 4) is 11.8 Å². The third-order valence-corrected chi connectivity index (χ3v) is 4.40. The van der Waals surface area contributed by atoms with E-state index in [1.165, 1.54) is 24.3 Å². The summed E-state index contributed by atoms with van der Waals surface area (Å²) in [6, 6.07) is 14.0. The van der Waals surface area contributed by atoms with Gasteiger partial charge < -0.3 is 5.11 Å². The summed E-state index contributed by atoms with van der Waals surface area (Å²) in [6.07, 6.45) is 3.27. The Morgan fingerprint density at radius 2 is 1.72 bits per heavy atom. The van der Waals surface area contributed by atoms with Gasteiger partial charge in [-0.3, -0.25) is 4.79 Å². The highest BCUT2D eigenvalue weighted by atomic mass is 19.4. The molecular weight excluding hydrogens is 377 g/mol. The second-order valence-corrected chi connectivity index (χ2v) is 6.53. The molecule has 2 nitrogen and oxygen atoms in total. The van der Waals surface area contributed by atoms with Gasteiger partial charge in [0.2, 0.25) is 0 Å². The summed E-state index contributed by atoms with van der Waals surface area (Å²) >= 11 is 0. The van der Waals surface area contributed by atoms with E-state index in [0.717, 1.165) is 17.7 Å². The molecule has 3 rings (SSSR count). The zero-order valence-electron chi connectivity index (χ0n) is 15.3. The lowest BCUT2D eigenvalue weighted by atomic mass is 9.92. The van der Waals surface area contributed by atoms with Gasteiger partial charge in [-0.25, -0.2) is 0 Å². The molecule has 0 amide bonds. The summed E-state index contributed by atoms with van der Waals surface area (Å²) in [7, 11) is 0. The van der Waals surface area contributed by atoms with Gasteiger partial charge in [-0.1, -0.05) is 60.4 Å². The fourth-order valence-electron chi connectivity index (χ4n) is 2.83. The van der Waals surface area contributed by atoms with Crippen LogP contribution >= 0.6 is 0 Å². The Labute approximate surface area is 166 Å². The smallest absolute Gasteiger partial charge is 0.380 e. The van der Waals surface area contributed by atoms with Crippen LogP contribution in [0.1, 0.15) is 23.1 Å². The minimum absolute atomic E-state index is 0.0543. The molecule has 29 heavy (non-hydrogen) atoms. The Morgan fingerprint density at radius 1 is 1.03 bits per heavy atom. The number of rotatable bonds is 3. The van der Waals surface area contributed by atoms with Gasteiger partial charge in [0.1, 0.15) is 5.60 Å². The topological polar surface area (TPSA) is 37.3 Å². The number of benzene rings is 2. The molecule has 2 aromatic carbocycles. The molecule has 0 aliphatic heterocycles. The van der Waals surface area contributed by atoms with Crippen LogP contribution in [0.5, 0.6) is 0 Å². The monoisotopic (exact) mass is 394 g/mol. The molecule has 1 unspecified atom stereocenters. The molecule has 0 aromatic heterocycles. The molecule has 0 bridgehead atoms. The van der Waals surface area contributed by atoms with Crippen LogP contribution in [0, 0.1) is 11.8 Å². The zero-order valence-corrected chi connectivity index (χ0v) is 15.3. The van der Waals surface area contributed by atoms with E-state index < -0.39 is 17.3 Å². The van der Waals surface area contributed by atoms with Crippen LogP contribution in [0.2, 0.25) is 0 Å². The first-order valence-electron chi connectivity index (χ1n) is 8.84. The quantitative estimate of drug-likeness (QED) is 0.590. The third-order valence-electron chi connectivity index (χ3n) is 4.40. The van der Waals surface area contributed by atoms with Gasteiger partial charge in [0.25, 0.3) is 0 Å². The van der Waals surface area contributed by atoms with Crippen LogP contribution in [0.4, 0.5) is 13.2 Å². The standard InChI is InChI=1S/C24H17F3O2/c25-24(26,27)20-13-11-19(12-14-20)9-5-16-23(29)17-15-22(28)21(23)10-4-8-18-6-2-1-3-7-18/h1-4,6-8,10-15,17,29H,16H2/b8-4+,21-10-. The van der Waals surface area contributed by atoms with Crippen molar-refractivity contribution < 1.29 is 23.1 Å². The Morgan fingerprint density at radius 3 is 2.38 bits per heavy atom. The van der Waals surface area contributed by atoms with Crippen molar-refractivity contribution >= 4 is 11.9 Å². The van der Waals surface area contributed by atoms with Crippen molar-refractivity contribution in [2.24, 2.45) is 0 Å². The first-order chi connectivity index (χ1) is 13.8. The Bertz CT molecular complexity index is 1030. The largest absolute Gasteiger partial charge is 0.416 e. The van der Waals surface area contributed by atoms with Crippen molar-refractivity contribution in [1.29, 1.82) is 0 Å². The molecule has 5 heteroatoms. The van der Waals surface area contributed by atoms with Crippen LogP contribution in [0.25, 0.3) is 6.08 Å². The van der Waals surface area contributed by atoms with Gasteiger partial charge in [0, 0.05) is 17.6 Å². The number of carbonyl (C=O) groups excluding carboxylic acids is 1. The van der Waals surface area contributed by atoms with Crippen molar-refractivity contribution in [2.45, 2.75) is 18.2 Å². The summed E-state index contributed by atoms with van der Waals surface area (Å²) in [5, 5.41) is 10.8. The highest BCUT2D eigenvalue weighted by molar-refractivity contribution is 6.09. The maximum atomic E-state index is 12.6. The number of ketones is 1. The second-order valence-electron chi connectivity index (χ2n) is 6.53. The van der Waals surface area contributed by atoms with Gasteiger partial charge in [0.05, 0.1) is 5.56 Å². The van der Waals surface area contributed by atoms with E-state index in [9.17, 15) is 23.1 Å². The van der Waals surface area contributed by atoms with E-state index in [4.69, 9.17) is 0 Å². The predicted octanol–water partition coefficient (Wildman–Crippen LogP) is 4.96. The minimum Gasteiger partial charge on any atom is -0.380 e. The number of aliphatic hydroxyl groups is 1. The van der Waals surface area contributed by atoms with Crippen LogP contribution in [-0.4, -0.2) is 16.5 Å². The molecule has 0 radical (unpaired) electrons. The molecule has 0 saturated carbocycles. The molecule has 0 spiro atoms. The van der Waals surface area contributed by atoms with Crippen molar-refractivity contribution in [1.82, 2.24) is 0 Å². The third kappa shape index (κ3) is 5.13. The molecule has 0 heterocycles. The van der Waals surface area contributed by atoms with Gasteiger partial charge in [-0.05, 0) is 42.0 Å². The van der Waals surface area contributed by atoms with E-state index in [-0.39, 0.29) is 17.8 Å². The zero-order chi connectivity index (χ0) is 20.9. The molecule has 0 saturated heterocycles. The van der Waals surface area contributed by atoms with Gasteiger partial charge >= 0.3 is 6.18 Å². The SMILES string of the molecule is O=C1C=CC(O)(CC#Cc2ccc(C(F)(F)F)cc2)/C1=C\C=C\c1ccccc1. The normalized spacial score (nSPS) is 20.3. The molecule has 1 N–H and O–H groups in total. The van der Waals surface area contributed by atoms with E-state index >= 15 is 0 Å². The van der Waals surface area contributed by atoms with Gasteiger partial charge in [-0.2, -0.15) is 13.2 Å². The van der Waals surface area contributed by atoms with Crippen LogP contribution in [-0.2, 0) is 11.0 Å². The number of hydrogen-bond donors (Lipinski definition) is 1. The van der Waals surface area contributed by atoms with Crippen molar-refractivity contribution in [3.05, 3.63) is 101 Å². The first kappa shape index (κ1) is 20.4. The second kappa shape index (κ2) is 8.34. The molecular formula is C24H17F3O2. The number of alkyl halides is 3. The highest BCUT2D eigenvalue weighted by Crippen LogP contribution is 2.30. The Balaban J connectivity index is 1.73. The van der Waals surface area contributed by atoms with Gasteiger partial charge in [0.15, 0.2) is 5.78 Å². The molecule has 146 valence electrons. The number of carbonyl (C=O) groups is 1. The Hall–Kier alpha value is -3.36. The van der Waals surface area contributed by atoms with Crippen LogP contribution in [0.3, 0.4) is 0 Å². The summed E-state index contributed by atoms with van der Waals surface area (Å²) in [5.41, 5.74) is -0.734. The van der Waals surface area contributed by atoms with Gasteiger partial charge in [-0.15, -0.1) is 0 Å². The lowest BCUT2D eigenvalue weighted by molar-refractivity contribution is -0.137. The lowest BCUT2D eigenvalue weighted by Gasteiger charge is -2.19. The summed E-state index contributed by atoms with van der Waals surface area (Å²) < 4.78 is 37.8. The fourth-order valence-corrected chi connectivity index (χ4v) is 2.83. The summed E-state index contributed by atoms with van der Waals surface area (Å²) in [6.45, 7) is 0. The molecule has 1 atom stereocenters. The van der Waals surface area contributed by atoms with Crippen molar-refractivity contribution in [3.63, 3.8) is 0 Å². The molecule has 0 fully saturated rings. The number of allylic oxidation sites excluding steroid dienone is 3. The van der Waals surface area contributed by atoms with E-state index in [0.29, 0.717) is 5.56 Å². The average molecular weight is 394 g/mol. The molecule has 2 aromatic rings. The lowest BCUT2D eigenvalue weighted by Crippen LogP contribution is -2.27.